The van der Waals surface area contributed by atoms with Crippen LogP contribution in [0.15, 0.2) is 54.6 Å². The summed E-state index contributed by atoms with van der Waals surface area (Å²) in [6, 6.07) is 16.9. The SMILES string of the molecule is O=C(NC1(c2ccc(Cl)cc2)CCC1)C1CCN(S(=O)(=O)Cc2ccccc2)CC1. The van der Waals surface area contributed by atoms with Gasteiger partial charge in [0.25, 0.3) is 0 Å². The zero-order chi connectivity index (χ0) is 21.2. The predicted octanol–water partition coefficient (Wildman–Crippen LogP) is 4.08. The molecule has 0 radical (unpaired) electrons. The van der Waals surface area contributed by atoms with Crippen molar-refractivity contribution in [3.05, 3.63) is 70.7 Å². The van der Waals surface area contributed by atoms with Crippen molar-refractivity contribution in [1.82, 2.24) is 9.62 Å². The maximum absolute atomic E-state index is 13.0. The monoisotopic (exact) mass is 446 g/mol. The molecule has 5 nitrogen and oxygen atoms in total. The number of sulfonamides is 1. The van der Waals surface area contributed by atoms with Gasteiger partial charge in [-0.3, -0.25) is 4.79 Å². The molecule has 1 N–H and O–H groups in total. The fourth-order valence-electron chi connectivity index (χ4n) is 4.40. The number of piperidine rings is 1. The van der Waals surface area contributed by atoms with Crippen LogP contribution in [0.3, 0.4) is 0 Å². The van der Waals surface area contributed by atoms with Crippen molar-refractivity contribution in [3.8, 4) is 0 Å². The summed E-state index contributed by atoms with van der Waals surface area (Å²) in [7, 11) is -3.37. The number of halogens is 1. The predicted molar refractivity (Wildman–Crippen MR) is 118 cm³/mol. The van der Waals surface area contributed by atoms with Crippen molar-refractivity contribution in [2.24, 2.45) is 5.92 Å². The summed E-state index contributed by atoms with van der Waals surface area (Å²) in [5.41, 5.74) is 1.57. The first-order chi connectivity index (χ1) is 14.4. The third-order valence-corrected chi connectivity index (χ3v) is 8.48. The van der Waals surface area contributed by atoms with Crippen molar-refractivity contribution >= 4 is 27.5 Å². The van der Waals surface area contributed by atoms with Crippen molar-refractivity contribution < 1.29 is 13.2 Å². The molecule has 0 unspecified atom stereocenters. The van der Waals surface area contributed by atoms with Crippen LogP contribution in [-0.2, 0) is 26.1 Å². The zero-order valence-electron chi connectivity index (χ0n) is 16.9. The molecule has 0 bridgehead atoms. The molecule has 1 saturated carbocycles. The molecule has 4 rings (SSSR count). The highest BCUT2D eigenvalue weighted by atomic mass is 35.5. The summed E-state index contributed by atoms with van der Waals surface area (Å²) in [6.45, 7) is 0.780. The topological polar surface area (TPSA) is 66.5 Å². The molecule has 0 atom stereocenters. The first-order valence-corrected chi connectivity index (χ1v) is 12.5. The fourth-order valence-corrected chi connectivity index (χ4v) is 6.08. The minimum absolute atomic E-state index is 0.00435. The van der Waals surface area contributed by atoms with Gasteiger partial charge in [0.1, 0.15) is 0 Å². The molecular weight excluding hydrogens is 420 g/mol. The Hall–Kier alpha value is -1.89. The van der Waals surface area contributed by atoms with Crippen LogP contribution in [0.1, 0.15) is 43.2 Å². The third-order valence-electron chi connectivity index (χ3n) is 6.38. The summed E-state index contributed by atoms with van der Waals surface area (Å²) >= 11 is 6.01. The Morgan fingerprint density at radius 3 is 2.23 bits per heavy atom. The summed E-state index contributed by atoms with van der Waals surface area (Å²) in [4.78, 5) is 13.0. The molecule has 0 spiro atoms. The van der Waals surface area contributed by atoms with Gasteiger partial charge in [-0.25, -0.2) is 12.7 Å². The highest BCUT2D eigenvalue weighted by Crippen LogP contribution is 2.42. The number of hydrogen-bond donors (Lipinski definition) is 1. The van der Waals surface area contributed by atoms with E-state index in [0.29, 0.717) is 31.0 Å². The smallest absolute Gasteiger partial charge is 0.223 e. The molecule has 2 fully saturated rings. The molecule has 1 aliphatic carbocycles. The molecule has 1 saturated heterocycles. The number of carbonyl (C=O) groups is 1. The second-order valence-electron chi connectivity index (χ2n) is 8.35. The van der Waals surface area contributed by atoms with E-state index in [4.69, 9.17) is 11.6 Å². The molecular formula is C23H27ClN2O3S. The van der Waals surface area contributed by atoms with E-state index in [1.54, 1.807) is 0 Å². The maximum atomic E-state index is 13.0. The molecule has 1 heterocycles. The lowest BCUT2D eigenvalue weighted by Crippen LogP contribution is -2.53. The first-order valence-electron chi connectivity index (χ1n) is 10.5. The van der Waals surface area contributed by atoms with Crippen LogP contribution in [0, 0.1) is 5.92 Å². The quantitative estimate of drug-likeness (QED) is 0.727. The molecule has 0 aromatic heterocycles. The van der Waals surface area contributed by atoms with Crippen molar-refractivity contribution in [2.45, 2.75) is 43.4 Å². The highest BCUT2D eigenvalue weighted by molar-refractivity contribution is 7.88. The van der Waals surface area contributed by atoms with Crippen molar-refractivity contribution in [2.75, 3.05) is 13.1 Å². The minimum Gasteiger partial charge on any atom is -0.346 e. The van der Waals surface area contributed by atoms with Crippen LogP contribution in [-0.4, -0.2) is 31.7 Å². The van der Waals surface area contributed by atoms with E-state index in [1.807, 2.05) is 54.6 Å². The van der Waals surface area contributed by atoms with Gasteiger partial charge >= 0.3 is 0 Å². The standard InChI is InChI=1S/C23H27ClN2O3S/c24-21-9-7-20(8-10-21)23(13-4-14-23)25-22(27)19-11-15-26(16-12-19)30(28,29)17-18-5-2-1-3-6-18/h1-3,5-10,19H,4,11-17H2,(H,25,27). The number of amides is 1. The van der Waals surface area contributed by atoms with E-state index in [2.05, 4.69) is 5.32 Å². The van der Waals surface area contributed by atoms with Gasteiger partial charge in [-0.1, -0.05) is 54.1 Å². The van der Waals surface area contributed by atoms with E-state index >= 15 is 0 Å². The third kappa shape index (κ3) is 4.56. The number of hydrogen-bond acceptors (Lipinski definition) is 3. The Bertz CT molecular complexity index is 981. The average molecular weight is 447 g/mol. The number of carbonyl (C=O) groups excluding carboxylic acids is 1. The largest absolute Gasteiger partial charge is 0.346 e. The molecule has 1 amide bonds. The lowest BCUT2D eigenvalue weighted by molar-refractivity contribution is -0.129. The van der Waals surface area contributed by atoms with Gasteiger partial charge in [0.2, 0.25) is 15.9 Å². The maximum Gasteiger partial charge on any atom is 0.223 e. The van der Waals surface area contributed by atoms with Crippen LogP contribution < -0.4 is 5.32 Å². The normalized spacial score (nSPS) is 19.8. The van der Waals surface area contributed by atoms with E-state index in [9.17, 15) is 13.2 Å². The number of benzene rings is 2. The van der Waals surface area contributed by atoms with E-state index in [1.165, 1.54) is 4.31 Å². The van der Waals surface area contributed by atoms with Crippen LogP contribution >= 0.6 is 11.6 Å². The lowest BCUT2D eigenvalue weighted by Gasteiger charge is -2.44. The zero-order valence-corrected chi connectivity index (χ0v) is 18.5. The Kier molecular flexibility index (Phi) is 6.19. The number of nitrogens with one attached hydrogen (secondary N) is 1. The fraction of sp³-hybridized carbons (Fsp3) is 0.435. The first kappa shape index (κ1) is 21.3. The molecule has 1 aliphatic heterocycles. The molecule has 2 aliphatic rings. The van der Waals surface area contributed by atoms with Gasteiger partial charge in [0.15, 0.2) is 0 Å². The van der Waals surface area contributed by atoms with Gasteiger partial charge < -0.3 is 5.32 Å². The van der Waals surface area contributed by atoms with Crippen molar-refractivity contribution in [3.63, 3.8) is 0 Å². The Morgan fingerprint density at radius 1 is 1.03 bits per heavy atom. The lowest BCUT2D eigenvalue weighted by atomic mass is 9.71. The second-order valence-corrected chi connectivity index (χ2v) is 10.8. The van der Waals surface area contributed by atoms with Crippen LogP contribution in [0.2, 0.25) is 5.02 Å². The summed E-state index contributed by atoms with van der Waals surface area (Å²) in [6.07, 6.45) is 4.03. The number of rotatable bonds is 6. The van der Waals surface area contributed by atoms with Crippen LogP contribution in [0.4, 0.5) is 0 Å². The Balaban J connectivity index is 1.35. The van der Waals surface area contributed by atoms with E-state index in [0.717, 1.165) is 30.4 Å². The van der Waals surface area contributed by atoms with Crippen molar-refractivity contribution in [1.29, 1.82) is 0 Å². The average Bonchev–Trinajstić information content (AvgIpc) is 2.72. The van der Waals surface area contributed by atoms with Gasteiger partial charge in [-0.2, -0.15) is 0 Å². The molecule has 2 aromatic carbocycles. The molecule has 2 aromatic rings. The van der Waals surface area contributed by atoms with E-state index in [-0.39, 0.29) is 23.1 Å². The Labute approximate surface area is 183 Å². The summed E-state index contributed by atoms with van der Waals surface area (Å²) in [5, 5.41) is 3.96. The second kappa shape index (κ2) is 8.69. The molecule has 7 heteroatoms. The van der Waals surface area contributed by atoms with Gasteiger partial charge in [-0.05, 0) is 55.4 Å². The minimum atomic E-state index is -3.37. The van der Waals surface area contributed by atoms with Gasteiger partial charge in [-0.15, -0.1) is 0 Å². The Morgan fingerprint density at radius 2 is 1.67 bits per heavy atom. The van der Waals surface area contributed by atoms with Crippen LogP contribution in [0.5, 0.6) is 0 Å². The van der Waals surface area contributed by atoms with Crippen LogP contribution in [0.25, 0.3) is 0 Å². The van der Waals surface area contributed by atoms with Gasteiger partial charge in [0, 0.05) is 24.0 Å². The highest BCUT2D eigenvalue weighted by Gasteiger charge is 2.42. The number of nitrogens with zero attached hydrogens (tertiary/aromatic N) is 1. The molecule has 160 valence electrons. The van der Waals surface area contributed by atoms with E-state index < -0.39 is 10.0 Å². The summed E-state index contributed by atoms with van der Waals surface area (Å²) in [5.74, 6) is -0.118. The molecule has 30 heavy (non-hydrogen) atoms. The van der Waals surface area contributed by atoms with Gasteiger partial charge in [0.05, 0.1) is 11.3 Å². The summed E-state index contributed by atoms with van der Waals surface area (Å²) < 4.78 is 27.0.